The summed E-state index contributed by atoms with van der Waals surface area (Å²) in [6, 6.07) is 13.3. The van der Waals surface area contributed by atoms with Crippen molar-refractivity contribution >= 4 is 22.8 Å². The molecule has 3 rings (SSSR count). The fourth-order valence-electron chi connectivity index (χ4n) is 2.52. The molecule has 0 fully saturated rings. The summed E-state index contributed by atoms with van der Waals surface area (Å²) in [6.45, 7) is 3.71. The fraction of sp³-hybridized carbons (Fsp3) is 0.222. The van der Waals surface area contributed by atoms with E-state index in [0.29, 0.717) is 5.84 Å². The molecule has 1 heterocycles. The number of nitrogens with zero attached hydrogens (tertiary/aromatic N) is 4. The molecule has 0 aliphatic carbocycles. The summed E-state index contributed by atoms with van der Waals surface area (Å²) in [4.78, 5) is 16.4. The van der Waals surface area contributed by atoms with Gasteiger partial charge < -0.3 is 4.74 Å². The summed E-state index contributed by atoms with van der Waals surface area (Å²) in [6.07, 6.45) is 0.209. The fourth-order valence-corrected chi connectivity index (χ4v) is 2.52. The zero-order valence-corrected chi connectivity index (χ0v) is 13.9. The molecule has 2 aromatic carbocycles. The van der Waals surface area contributed by atoms with E-state index in [2.05, 4.69) is 15.3 Å². The van der Waals surface area contributed by atoms with Crippen molar-refractivity contribution in [1.29, 1.82) is 0 Å². The normalized spacial score (nSPS) is 11.7. The van der Waals surface area contributed by atoms with Gasteiger partial charge in [-0.25, -0.2) is 0 Å². The monoisotopic (exact) mass is 322 g/mol. The number of fused-ring (bicyclic) bond motifs is 1. The van der Waals surface area contributed by atoms with Gasteiger partial charge >= 0.3 is 0 Å². The van der Waals surface area contributed by atoms with E-state index in [9.17, 15) is 4.79 Å². The molecule has 0 atom stereocenters. The Morgan fingerprint density at radius 2 is 2.04 bits per heavy atom. The van der Waals surface area contributed by atoms with Crippen molar-refractivity contribution in [2.45, 2.75) is 20.3 Å². The van der Waals surface area contributed by atoms with Crippen molar-refractivity contribution < 1.29 is 9.53 Å². The molecule has 0 unspecified atom stereocenters. The molecule has 0 N–H and O–H groups in total. The lowest BCUT2D eigenvalue weighted by molar-refractivity contribution is -0.117. The Bertz CT molecular complexity index is 928. The largest absolute Gasteiger partial charge is 0.496 e. The zero-order valence-electron chi connectivity index (χ0n) is 13.9. The molecule has 0 radical (unpaired) electrons. The highest BCUT2D eigenvalue weighted by molar-refractivity contribution is 5.98. The highest BCUT2D eigenvalue weighted by atomic mass is 16.5. The number of carbonyl (C=O) groups is 1. The van der Waals surface area contributed by atoms with Crippen LogP contribution in [-0.2, 0) is 11.2 Å². The molecule has 0 aliphatic rings. The number of hydrogen-bond donors (Lipinski definition) is 0. The minimum Gasteiger partial charge on any atom is -0.496 e. The minimum absolute atomic E-state index is 0.209. The van der Waals surface area contributed by atoms with Crippen LogP contribution in [0.5, 0.6) is 5.75 Å². The number of benzene rings is 2. The summed E-state index contributed by atoms with van der Waals surface area (Å²) in [5.41, 5.74) is 3.48. The Labute approximate surface area is 139 Å². The molecule has 1 amide bonds. The van der Waals surface area contributed by atoms with Crippen LogP contribution in [0, 0.1) is 6.92 Å². The molecule has 0 spiro atoms. The second kappa shape index (κ2) is 6.62. The third kappa shape index (κ3) is 3.17. The number of ether oxygens (including phenoxy) is 1. The highest BCUT2D eigenvalue weighted by Crippen LogP contribution is 2.19. The third-order valence-electron chi connectivity index (χ3n) is 3.77. The van der Waals surface area contributed by atoms with Crippen LogP contribution in [0.2, 0.25) is 0 Å². The van der Waals surface area contributed by atoms with Gasteiger partial charge in [-0.2, -0.15) is 9.67 Å². The van der Waals surface area contributed by atoms with Gasteiger partial charge in [-0.15, -0.1) is 5.10 Å². The van der Waals surface area contributed by atoms with Crippen LogP contribution in [0.15, 0.2) is 47.5 Å². The van der Waals surface area contributed by atoms with Crippen LogP contribution < -0.4 is 4.74 Å². The van der Waals surface area contributed by atoms with Crippen LogP contribution in [0.3, 0.4) is 0 Å². The predicted molar refractivity (Wildman–Crippen MR) is 92.5 cm³/mol. The van der Waals surface area contributed by atoms with Crippen molar-refractivity contribution in [3.8, 4) is 5.75 Å². The van der Waals surface area contributed by atoms with Gasteiger partial charge in [0, 0.05) is 0 Å². The maximum absolute atomic E-state index is 12.2. The summed E-state index contributed by atoms with van der Waals surface area (Å²) in [5.74, 6) is 1.02. The molecule has 0 saturated heterocycles. The number of aryl methyl sites for hydroxylation is 1. The Balaban J connectivity index is 1.81. The van der Waals surface area contributed by atoms with Crippen LogP contribution in [-0.4, -0.2) is 33.8 Å². The van der Waals surface area contributed by atoms with E-state index in [-0.39, 0.29) is 12.3 Å². The summed E-state index contributed by atoms with van der Waals surface area (Å²) < 4.78 is 6.86. The number of amides is 1. The zero-order chi connectivity index (χ0) is 17.1. The molecular weight excluding hydrogens is 304 g/mol. The Morgan fingerprint density at radius 1 is 1.25 bits per heavy atom. The molecule has 6 nitrogen and oxygen atoms in total. The first-order valence-electron chi connectivity index (χ1n) is 7.61. The average Bonchev–Trinajstić information content (AvgIpc) is 3.00. The standard InChI is InChI=1S/C18H18N4O2/c1-12-8-9-14(10-17(12)24-3)11-18(23)19-13(2)22-16-7-5-4-6-15(16)20-21-22/h4-10H,11H2,1-3H3. The lowest BCUT2D eigenvalue weighted by Gasteiger charge is -2.06. The summed E-state index contributed by atoms with van der Waals surface area (Å²) >= 11 is 0. The van der Waals surface area contributed by atoms with E-state index in [1.165, 1.54) is 0 Å². The smallest absolute Gasteiger partial charge is 0.251 e. The summed E-state index contributed by atoms with van der Waals surface area (Å²) in [5, 5.41) is 8.13. The van der Waals surface area contributed by atoms with E-state index in [0.717, 1.165) is 27.9 Å². The molecule has 122 valence electrons. The first kappa shape index (κ1) is 15.9. The van der Waals surface area contributed by atoms with Gasteiger partial charge in [0.2, 0.25) is 0 Å². The van der Waals surface area contributed by atoms with Crippen LogP contribution >= 0.6 is 0 Å². The van der Waals surface area contributed by atoms with E-state index >= 15 is 0 Å². The molecule has 1 aromatic heterocycles. The number of aliphatic imine (C=N–C) groups is 1. The average molecular weight is 322 g/mol. The molecule has 0 bridgehead atoms. The lowest BCUT2D eigenvalue weighted by atomic mass is 10.1. The van der Waals surface area contributed by atoms with E-state index in [4.69, 9.17) is 4.74 Å². The van der Waals surface area contributed by atoms with Crippen LogP contribution in [0.1, 0.15) is 18.1 Å². The summed E-state index contributed by atoms with van der Waals surface area (Å²) in [7, 11) is 1.62. The molecule has 0 aliphatic heterocycles. The number of para-hydroxylation sites is 1. The van der Waals surface area contributed by atoms with Gasteiger partial charge in [0.1, 0.15) is 17.1 Å². The molecule has 6 heteroatoms. The molecule has 3 aromatic rings. The third-order valence-corrected chi connectivity index (χ3v) is 3.77. The Morgan fingerprint density at radius 3 is 2.83 bits per heavy atom. The second-order valence-electron chi connectivity index (χ2n) is 5.52. The van der Waals surface area contributed by atoms with E-state index in [1.54, 1.807) is 18.7 Å². The van der Waals surface area contributed by atoms with Crippen molar-refractivity contribution in [2.24, 2.45) is 4.99 Å². The van der Waals surface area contributed by atoms with Gasteiger partial charge in [0.25, 0.3) is 5.91 Å². The van der Waals surface area contributed by atoms with E-state index < -0.39 is 0 Å². The first-order chi connectivity index (χ1) is 11.6. The van der Waals surface area contributed by atoms with Gasteiger partial charge in [0.15, 0.2) is 0 Å². The van der Waals surface area contributed by atoms with Gasteiger partial charge in [-0.05, 0) is 43.2 Å². The van der Waals surface area contributed by atoms with Crippen molar-refractivity contribution in [1.82, 2.24) is 15.0 Å². The molecule has 24 heavy (non-hydrogen) atoms. The number of carbonyl (C=O) groups excluding carboxylic acids is 1. The maximum Gasteiger partial charge on any atom is 0.251 e. The lowest BCUT2D eigenvalue weighted by Crippen LogP contribution is -2.13. The van der Waals surface area contributed by atoms with Gasteiger partial charge in [0.05, 0.1) is 19.0 Å². The van der Waals surface area contributed by atoms with E-state index in [1.807, 2.05) is 49.4 Å². The number of hydrogen-bond acceptors (Lipinski definition) is 4. The second-order valence-corrected chi connectivity index (χ2v) is 5.52. The number of rotatable bonds is 3. The Hall–Kier alpha value is -3.02. The highest BCUT2D eigenvalue weighted by Gasteiger charge is 2.09. The van der Waals surface area contributed by atoms with Crippen LogP contribution in [0.4, 0.5) is 0 Å². The minimum atomic E-state index is -0.238. The number of aromatic nitrogens is 3. The maximum atomic E-state index is 12.2. The quantitative estimate of drug-likeness (QED) is 0.549. The van der Waals surface area contributed by atoms with Crippen molar-refractivity contribution in [2.75, 3.05) is 7.11 Å². The first-order valence-corrected chi connectivity index (χ1v) is 7.61. The SMILES string of the molecule is COc1cc(CC(=O)N=C(C)n2nnc3ccccc32)ccc1C. The molecular formula is C18H18N4O2. The number of methoxy groups -OCH3 is 1. The predicted octanol–water partition coefficient (Wildman–Crippen LogP) is 2.78. The van der Waals surface area contributed by atoms with Gasteiger partial charge in [-0.3, -0.25) is 4.79 Å². The van der Waals surface area contributed by atoms with Crippen molar-refractivity contribution in [3.05, 3.63) is 53.6 Å². The molecule has 0 saturated carbocycles. The Kier molecular flexibility index (Phi) is 4.37. The van der Waals surface area contributed by atoms with Crippen LogP contribution in [0.25, 0.3) is 11.0 Å². The van der Waals surface area contributed by atoms with Gasteiger partial charge in [-0.1, -0.05) is 29.5 Å². The van der Waals surface area contributed by atoms with Crippen molar-refractivity contribution in [3.63, 3.8) is 0 Å². The topological polar surface area (TPSA) is 69.4 Å².